The number of aliphatic hydroxyl groups is 2. The Hall–Kier alpha value is -1.85. The number of fused-ring (bicyclic) bond motifs is 1. The molecular weight excluding hydrogens is 344 g/mol. The summed E-state index contributed by atoms with van der Waals surface area (Å²) in [7, 11) is 0. The maximum absolute atomic E-state index is 10.6. The molecule has 0 spiro atoms. The van der Waals surface area contributed by atoms with Gasteiger partial charge in [-0.3, -0.25) is 4.79 Å². The average Bonchev–Trinajstić information content (AvgIpc) is 3.15. The van der Waals surface area contributed by atoms with Crippen LogP contribution in [-0.2, 0) is 16.0 Å². The van der Waals surface area contributed by atoms with Gasteiger partial charge in [0, 0.05) is 18.9 Å². The van der Waals surface area contributed by atoms with Crippen LogP contribution in [-0.4, -0.2) is 40.1 Å². The number of aryl methyl sites for hydroxylation is 1. The minimum atomic E-state index is -0.796. The predicted molar refractivity (Wildman–Crippen MR) is 102 cm³/mol. The van der Waals surface area contributed by atoms with E-state index in [9.17, 15) is 15.0 Å². The van der Waals surface area contributed by atoms with Crippen LogP contribution in [0, 0.1) is 17.8 Å². The summed E-state index contributed by atoms with van der Waals surface area (Å²) < 4.78 is 5.85. The largest absolute Gasteiger partial charge is 0.512 e. The first-order valence-corrected chi connectivity index (χ1v) is 9.99. The molecule has 3 rings (SSSR count). The Kier molecular flexibility index (Phi) is 6.91. The number of hydrogen-bond donors (Lipinski definition) is 3. The monoisotopic (exact) mass is 374 g/mol. The van der Waals surface area contributed by atoms with Gasteiger partial charge in [-0.1, -0.05) is 30.3 Å². The second kappa shape index (κ2) is 9.38. The normalized spacial score (nSPS) is 30.4. The summed E-state index contributed by atoms with van der Waals surface area (Å²) in [4.78, 5) is 10.6. The first-order valence-electron chi connectivity index (χ1n) is 9.99. The van der Waals surface area contributed by atoms with Crippen LogP contribution in [0.5, 0.6) is 0 Å². The average molecular weight is 374 g/mol. The summed E-state index contributed by atoms with van der Waals surface area (Å²) in [5, 5.41) is 29.7. The molecule has 2 saturated carbocycles. The number of carboxylic acids is 1. The predicted octanol–water partition coefficient (Wildman–Crippen LogP) is 3.72. The lowest BCUT2D eigenvalue weighted by molar-refractivity contribution is -0.137. The molecule has 0 heterocycles. The molecule has 27 heavy (non-hydrogen) atoms. The van der Waals surface area contributed by atoms with Gasteiger partial charge >= 0.3 is 5.97 Å². The zero-order chi connectivity index (χ0) is 19.2. The van der Waals surface area contributed by atoms with E-state index in [4.69, 9.17) is 9.84 Å². The molecule has 5 heteroatoms. The third kappa shape index (κ3) is 5.33. The van der Waals surface area contributed by atoms with Crippen molar-refractivity contribution in [3.05, 3.63) is 47.7 Å². The Morgan fingerprint density at radius 2 is 1.93 bits per heavy atom. The van der Waals surface area contributed by atoms with Gasteiger partial charge in [-0.05, 0) is 62.0 Å². The second-order valence-corrected chi connectivity index (χ2v) is 7.87. The summed E-state index contributed by atoms with van der Waals surface area (Å²) in [6, 6.07) is 10.2. The van der Waals surface area contributed by atoms with Crippen LogP contribution in [0.2, 0.25) is 0 Å². The van der Waals surface area contributed by atoms with E-state index in [1.165, 1.54) is 5.56 Å². The third-order valence-electron chi connectivity index (χ3n) is 5.99. The highest BCUT2D eigenvalue weighted by Crippen LogP contribution is 2.50. The zero-order valence-corrected chi connectivity index (χ0v) is 15.7. The van der Waals surface area contributed by atoms with E-state index >= 15 is 0 Å². The van der Waals surface area contributed by atoms with Crippen molar-refractivity contribution in [1.29, 1.82) is 0 Å². The topological polar surface area (TPSA) is 87.0 Å². The van der Waals surface area contributed by atoms with Crippen LogP contribution in [0.1, 0.15) is 44.1 Å². The van der Waals surface area contributed by atoms with E-state index < -0.39 is 12.1 Å². The number of ether oxygens (including phenoxy) is 1. The molecule has 0 aromatic heterocycles. The fourth-order valence-corrected chi connectivity index (χ4v) is 4.75. The summed E-state index contributed by atoms with van der Waals surface area (Å²) in [6.07, 6.45) is 6.21. The number of aliphatic hydroxyl groups excluding tert-OH is 2. The number of hydrogen-bond acceptors (Lipinski definition) is 4. The highest BCUT2D eigenvalue weighted by Gasteiger charge is 2.49. The molecule has 0 unspecified atom stereocenters. The molecule has 148 valence electrons. The molecule has 0 amide bonds. The van der Waals surface area contributed by atoms with Gasteiger partial charge in [0.25, 0.3) is 0 Å². The molecule has 5 atom stereocenters. The lowest BCUT2D eigenvalue weighted by Crippen LogP contribution is -2.23. The van der Waals surface area contributed by atoms with Gasteiger partial charge in [0.15, 0.2) is 0 Å². The molecule has 3 N–H and O–H groups in total. The molecule has 0 saturated heterocycles. The molecule has 5 nitrogen and oxygen atoms in total. The minimum absolute atomic E-state index is 0.112. The van der Waals surface area contributed by atoms with Crippen LogP contribution in [0.4, 0.5) is 0 Å². The van der Waals surface area contributed by atoms with Gasteiger partial charge in [-0.15, -0.1) is 0 Å². The SMILES string of the molecule is O=C(O)CCCO[C@@H]1C[C@@H]2C[C@H](O)[C@@H](C(O)=CCCc3ccccc3)[C@@H]2C1. The van der Waals surface area contributed by atoms with Crippen LogP contribution in [0.3, 0.4) is 0 Å². The molecular formula is C22H30O5. The standard InChI is InChI=1S/C22H30O5/c23-19(9-4-8-15-6-2-1-3-7-15)22-18-14-17(12-16(18)13-20(22)24)27-11-5-10-21(25)26/h1-3,6-7,9,16-18,20,22-24H,4-5,8,10-14H2,(H,25,26)/t16-,17-,18-,20+,22-/m1/s1. The quantitative estimate of drug-likeness (QED) is 0.453. The van der Waals surface area contributed by atoms with Crippen LogP contribution in [0.25, 0.3) is 0 Å². The van der Waals surface area contributed by atoms with Crippen LogP contribution >= 0.6 is 0 Å². The molecule has 0 radical (unpaired) electrons. The fraction of sp³-hybridized carbons (Fsp3) is 0.591. The van der Waals surface area contributed by atoms with Crippen molar-refractivity contribution >= 4 is 5.97 Å². The van der Waals surface area contributed by atoms with Gasteiger partial charge in [0.2, 0.25) is 0 Å². The lowest BCUT2D eigenvalue weighted by atomic mass is 9.89. The first kappa shape index (κ1) is 19.9. The van der Waals surface area contributed by atoms with E-state index in [2.05, 4.69) is 12.1 Å². The van der Waals surface area contributed by atoms with Crippen molar-refractivity contribution < 1.29 is 24.9 Å². The number of carboxylic acid groups (broad SMARTS) is 1. The highest BCUT2D eigenvalue weighted by molar-refractivity contribution is 5.66. The summed E-state index contributed by atoms with van der Waals surface area (Å²) in [5.74, 6) is -0.0527. The van der Waals surface area contributed by atoms with Crippen molar-refractivity contribution in [2.45, 2.75) is 57.2 Å². The maximum atomic E-state index is 10.6. The van der Waals surface area contributed by atoms with E-state index in [0.29, 0.717) is 31.1 Å². The van der Waals surface area contributed by atoms with Crippen molar-refractivity contribution in [3.63, 3.8) is 0 Å². The Morgan fingerprint density at radius 3 is 2.67 bits per heavy atom. The van der Waals surface area contributed by atoms with Crippen molar-refractivity contribution in [2.24, 2.45) is 17.8 Å². The Bertz CT molecular complexity index is 641. The third-order valence-corrected chi connectivity index (χ3v) is 5.99. The number of aliphatic carboxylic acids is 1. The number of rotatable bonds is 9. The summed E-state index contributed by atoms with van der Waals surface area (Å²) in [6.45, 7) is 0.461. The summed E-state index contributed by atoms with van der Waals surface area (Å²) >= 11 is 0. The van der Waals surface area contributed by atoms with Gasteiger partial charge in [0.1, 0.15) is 0 Å². The smallest absolute Gasteiger partial charge is 0.303 e. The second-order valence-electron chi connectivity index (χ2n) is 7.87. The van der Waals surface area contributed by atoms with Crippen molar-refractivity contribution in [3.8, 4) is 0 Å². The van der Waals surface area contributed by atoms with Crippen LogP contribution in [0.15, 0.2) is 42.2 Å². The lowest BCUT2D eigenvalue weighted by Gasteiger charge is -2.21. The fourth-order valence-electron chi connectivity index (χ4n) is 4.75. The Balaban J connectivity index is 1.49. The van der Waals surface area contributed by atoms with E-state index in [0.717, 1.165) is 25.7 Å². The minimum Gasteiger partial charge on any atom is -0.512 e. The maximum Gasteiger partial charge on any atom is 0.303 e. The van der Waals surface area contributed by atoms with Gasteiger partial charge in [0.05, 0.1) is 18.0 Å². The number of allylic oxidation sites excluding steroid dienone is 1. The van der Waals surface area contributed by atoms with E-state index in [1.54, 1.807) is 0 Å². The van der Waals surface area contributed by atoms with Crippen molar-refractivity contribution in [2.75, 3.05) is 6.61 Å². The van der Waals surface area contributed by atoms with Crippen LogP contribution < -0.4 is 0 Å². The van der Waals surface area contributed by atoms with Crippen molar-refractivity contribution in [1.82, 2.24) is 0 Å². The molecule has 2 aliphatic carbocycles. The van der Waals surface area contributed by atoms with Gasteiger partial charge < -0.3 is 20.1 Å². The highest BCUT2D eigenvalue weighted by atomic mass is 16.5. The Labute approximate surface area is 160 Å². The first-order chi connectivity index (χ1) is 13.0. The number of carbonyl (C=O) groups is 1. The van der Waals surface area contributed by atoms with Gasteiger partial charge in [-0.25, -0.2) is 0 Å². The summed E-state index contributed by atoms with van der Waals surface area (Å²) in [5.41, 5.74) is 1.24. The molecule has 0 bridgehead atoms. The van der Waals surface area contributed by atoms with E-state index in [1.807, 2.05) is 24.3 Å². The molecule has 1 aromatic carbocycles. The Morgan fingerprint density at radius 1 is 1.15 bits per heavy atom. The molecule has 1 aromatic rings. The molecule has 2 fully saturated rings. The number of benzene rings is 1. The molecule has 2 aliphatic rings. The van der Waals surface area contributed by atoms with E-state index in [-0.39, 0.29) is 24.4 Å². The molecule has 0 aliphatic heterocycles. The zero-order valence-electron chi connectivity index (χ0n) is 15.7. The van der Waals surface area contributed by atoms with Gasteiger partial charge in [-0.2, -0.15) is 0 Å².